The van der Waals surface area contributed by atoms with Crippen LogP contribution in [0.5, 0.6) is 11.5 Å². The summed E-state index contributed by atoms with van der Waals surface area (Å²) in [5.41, 5.74) is 0.613. The molecule has 3 rings (SSSR count). The number of hydrogen-bond acceptors (Lipinski definition) is 8. The molecule has 2 heterocycles. The lowest BCUT2D eigenvalue weighted by molar-refractivity contribution is 0.184. The summed E-state index contributed by atoms with van der Waals surface area (Å²) in [6.45, 7) is 1.05. The third kappa shape index (κ3) is 4.21. The SMILES string of the molecule is COCCn1c(NC(COC)c2ccc(OC)c(OC)c2)nc2c1c(=O)n(C)c(=O)n2C. The second-order valence-electron chi connectivity index (χ2n) is 7.22. The number of anilines is 1. The summed E-state index contributed by atoms with van der Waals surface area (Å²) in [6.07, 6.45) is 0. The summed E-state index contributed by atoms with van der Waals surface area (Å²) >= 11 is 0. The molecule has 0 fully saturated rings. The Bertz CT molecular complexity index is 1210. The predicted octanol–water partition coefficient (Wildman–Crippen LogP) is 0.897. The standard InChI is InChI=1S/C21H29N5O6/c1-24-18-17(19(27)25(2)21(24)28)26(9-10-29-3)20(23-18)22-14(12-30-4)13-7-8-15(31-5)16(11-13)32-6/h7-8,11,14H,9-10,12H2,1-6H3,(H,22,23). The maximum Gasteiger partial charge on any atom is 0.332 e. The number of methoxy groups -OCH3 is 4. The van der Waals surface area contributed by atoms with Gasteiger partial charge in [-0.25, -0.2) is 4.79 Å². The van der Waals surface area contributed by atoms with E-state index in [1.165, 1.54) is 11.6 Å². The van der Waals surface area contributed by atoms with E-state index in [0.29, 0.717) is 48.4 Å². The molecule has 0 saturated heterocycles. The van der Waals surface area contributed by atoms with Gasteiger partial charge in [0.1, 0.15) is 0 Å². The summed E-state index contributed by atoms with van der Waals surface area (Å²) in [7, 11) is 9.36. The maximum atomic E-state index is 12.9. The minimum atomic E-state index is -0.446. The summed E-state index contributed by atoms with van der Waals surface area (Å²) in [4.78, 5) is 29.9. The van der Waals surface area contributed by atoms with Gasteiger partial charge in [-0.15, -0.1) is 0 Å². The Labute approximate surface area is 185 Å². The van der Waals surface area contributed by atoms with Gasteiger partial charge in [-0.05, 0) is 17.7 Å². The zero-order valence-electron chi connectivity index (χ0n) is 19.2. The molecule has 1 unspecified atom stereocenters. The normalized spacial score (nSPS) is 12.2. The monoisotopic (exact) mass is 447 g/mol. The first-order chi connectivity index (χ1) is 15.4. The Kier molecular flexibility index (Phi) is 7.21. The number of benzene rings is 1. The van der Waals surface area contributed by atoms with E-state index in [0.717, 1.165) is 10.1 Å². The van der Waals surface area contributed by atoms with E-state index in [4.69, 9.17) is 18.9 Å². The molecule has 0 radical (unpaired) electrons. The van der Waals surface area contributed by atoms with Crippen molar-refractivity contribution in [2.45, 2.75) is 12.6 Å². The van der Waals surface area contributed by atoms with Crippen LogP contribution >= 0.6 is 0 Å². The molecule has 32 heavy (non-hydrogen) atoms. The summed E-state index contributed by atoms with van der Waals surface area (Å²) in [5, 5.41) is 3.36. The van der Waals surface area contributed by atoms with Crippen molar-refractivity contribution in [3.05, 3.63) is 44.6 Å². The minimum Gasteiger partial charge on any atom is -0.493 e. The average Bonchev–Trinajstić information content (AvgIpc) is 3.17. The van der Waals surface area contributed by atoms with Gasteiger partial charge in [-0.3, -0.25) is 13.9 Å². The van der Waals surface area contributed by atoms with Crippen LogP contribution in [0.2, 0.25) is 0 Å². The quantitative estimate of drug-likeness (QED) is 0.488. The number of hydrogen-bond donors (Lipinski definition) is 1. The van der Waals surface area contributed by atoms with Crippen molar-refractivity contribution in [1.29, 1.82) is 0 Å². The maximum absolute atomic E-state index is 12.9. The fraction of sp³-hybridized carbons (Fsp3) is 0.476. The van der Waals surface area contributed by atoms with Crippen LogP contribution in [0.15, 0.2) is 27.8 Å². The molecule has 3 aromatic rings. The lowest BCUT2D eigenvalue weighted by atomic mass is 10.1. The van der Waals surface area contributed by atoms with Crippen LogP contribution in [-0.2, 0) is 30.1 Å². The van der Waals surface area contributed by atoms with E-state index in [-0.39, 0.29) is 6.04 Å². The summed E-state index contributed by atoms with van der Waals surface area (Å²) in [5.74, 6) is 1.61. The minimum absolute atomic E-state index is 0.292. The largest absolute Gasteiger partial charge is 0.493 e. The van der Waals surface area contributed by atoms with Crippen molar-refractivity contribution in [1.82, 2.24) is 18.7 Å². The molecule has 1 N–H and O–H groups in total. The third-order valence-electron chi connectivity index (χ3n) is 5.31. The highest BCUT2D eigenvalue weighted by molar-refractivity contribution is 5.74. The van der Waals surface area contributed by atoms with Crippen LogP contribution in [0, 0.1) is 0 Å². The molecule has 11 heteroatoms. The van der Waals surface area contributed by atoms with E-state index in [9.17, 15) is 9.59 Å². The van der Waals surface area contributed by atoms with E-state index in [1.54, 1.807) is 40.1 Å². The van der Waals surface area contributed by atoms with E-state index in [1.807, 2.05) is 18.2 Å². The van der Waals surface area contributed by atoms with Gasteiger partial charge >= 0.3 is 5.69 Å². The molecule has 11 nitrogen and oxygen atoms in total. The first kappa shape index (κ1) is 23.4. The lowest BCUT2D eigenvalue weighted by Gasteiger charge is -2.21. The molecule has 0 aliphatic heterocycles. The van der Waals surface area contributed by atoms with Crippen LogP contribution in [0.1, 0.15) is 11.6 Å². The summed E-state index contributed by atoms with van der Waals surface area (Å²) in [6, 6.07) is 5.24. The molecule has 0 bridgehead atoms. The molecule has 0 saturated carbocycles. The highest BCUT2D eigenvalue weighted by atomic mass is 16.5. The Morgan fingerprint density at radius 3 is 2.34 bits per heavy atom. The lowest BCUT2D eigenvalue weighted by Crippen LogP contribution is -2.37. The molecular weight excluding hydrogens is 418 g/mol. The van der Waals surface area contributed by atoms with Gasteiger partial charge in [-0.2, -0.15) is 4.98 Å². The highest BCUT2D eigenvalue weighted by Crippen LogP contribution is 2.31. The first-order valence-electron chi connectivity index (χ1n) is 10.00. The van der Waals surface area contributed by atoms with Crippen molar-refractivity contribution in [2.75, 3.05) is 47.0 Å². The first-order valence-corrected chi connectivity index (χ1v) is 10.00. The van der Waals surface area contributed by atoms with Gasteiger partial charge < -0.3 is 28.8 Å². The second kappa shape index (κ2) is 9.88. The molecule has 0 aliphatic rings. The second-order valence-corrected chi connectivity index (χ2v) is 7.22. The van der Waals surface area contributed by atoms with E-state index >= 15 is 0 Å². The zero-order valence-corrected chi connectivity index (χ0v) is 19.2. The van der Waals surface area contributed by atoms with Gasteiger partial charge in [-0.1, -0.05) is 6.07 Å². The van der Waals surface area contributed by atoms with Gasteiger partial charge in [0, 0.05) is 34.9 Å². The third-order valence-corrected chi connectivity index (χ3v) is 5.31. The fourth-order valence-corrected chi connectivity index (χ4v) is 3.57. The molecule has 1 atom stereocenters. The Hall–Kier alpha value is -3.31. The number of nitrogens with zero attached hydrogens (tertiary/aromatic N) is 4. The van der Waals surface area contributed by atoms with Crippen LogP contribution in [-0.4, -0.2) is 60.3 Å². The van der Waals surface area contributed by atoms with Crippen molar-refractivity contribution in [3.8, 4) is 11.5 Å². The van der Waals surface area contributed by atoms with Crippen LogP contribution in [0.4, 0.5) is 5.95 Å². The predicted molar refractivity (Wildman–Crippen MR) is 120 cm³/mol. The number of nitrogens with one attached hydrogen (secondary N) is 1. The smallest absolute Gasteiger partial charge is 0.332 e. The van der Waals surface area contributed by atoms with Gasteiger partial charge in [0.05, 0.1) is 33.5 Å². The number of rotatable bonds is 10. The van der Waals surface area contributed by atoms with Crippen LogP contribution in [0.3, 0.4) is 0 Å². The highest BCUT2D eigenvalue weighted by Gasteiger charge is 2.22. The topological polar surface area (TPSA) is 111 Å². The van der Waals surface area contributed by atoms with Crippen molar-refractivity contribution in [2.24, 2.45) is 14.1 Å². The Morgan fingerprint density at radius 2 is 1.72 bits per heavy atom. The average molecular weight is 447 g/mol. The summed E-state index contributed by atoms with van der Waals surface area (Å²) < 4.78 is 25.5. The molecular formula is C21H29N5O6. The molecule has 174 valence electrons. The number of aryl methyl sites for hydroxylation is 1. The van der Waals surface area contributed by atoms with Crippen molar-refractivity contribution < 1.29 is 18.9 Å². The Morgan fingerprint density at radius 1 is 1.00 bits per heavy atom. The number of ether oxygens (including phenoxy) is 4. The fourth-order valence-electron chi connectivity index (χ4n) is 3.57. The van der Waals surface area contributed by atoms with Gasteiger partial charge in [0.2, 0.25) is 5.95 Å². The van der Waals surface area contributed by atoms with Crippen LogP contribution < -0.4 is 26.0 Å². The molecule has 0 amide bonds. The number of imidazole rings is 1. The zero-order chi connectivity index (χ0) is 23.4. The number of aromatic nitrogens is 4. The van der Waals surface area contributed by atoms with Gasteiger partial charge in [0.25, 0.3) is 5.56 Å². The Balaban J connectivity index is 2.14. The molecule has 0 spiro atoms. The van der Waals surface area contributed by atoms with Gasteiger partial charge in [0.15, 0.2) is 22.7 Å². The molecule has 0 aliphatic carbocycles. The van der Waals surface area contributed by atoms with E-state index in [2.05, 4.69) is 10.3 Å². The number of fused-ring (bicyclic) bond motifs is 1. The van der Waals surface area contributed by atoms with Crippen LogP contribution in [0.25, 0.3) is 11.2 Å². The molecule has 2 aromatic heterocycles. The molecule has 1 aromatic carbocycles. The van der Waals surface area contributed by atoms with E-state index < -0.39 is 11.2 Å². The van der Waals surface area contributed by atoms with Crippen molar-refractivity contribution >= 4 is 17.1 Å². The van der Waals surface area contributed by atoms with Crippen molar-refractivity contribution in [3.63, 3.8) is 0 Å².